The predicted octanol–water partition coefficient (Wildman–Crippen LogP) is 3.92. The molecule has 18 heavy (non-hydrogen) atoms. The first-order valence-electron chi connectivity index (χ1n) is 5.57. The molecule has 1 aliphatic heterocycles. The first-order chi connectivity index (χ1) is 8.70. The summed E-state index contributed by atoms with van der Waals surface area (Å²) in [5, 5.41) is 0. The second kappa shape index (κ2) is 4.24. The lowest BCUT2D eigenvalue weighted by molar-refractivity contribution is 0.101. The van der Waals surface area contributed by atoms with E-state index in [1.807, 2.05) is 48.5 Å². The van der Waals surface area contributed by atoms with Crippen molar-refractivity contribution < 1.29 is 4.79 Å². The van der Waals surface area contributed by atoms with Crippen LogP contribution in [0.4, 0.5) is 5.69 Å². The fourth-order valence-corrected chi connectivity index (χ4v) is 2.80. The lowest BCUT2D eigenvalue weighted by Crippen LogP contribution is -2.22. The Kier molecular flexibility index (Phi) is 2.70. The number of carbonyl (C=O) groups is 1. The summed E-state index contributed by atoms with van der Waals surface area (Å²) in [7, 11) is 0. The molecule has 0 atom stereocenters. The quantitative estimate of drug-likeness (QED) is 0.716. The summed E-state index contributed by atoms with van der Waals surface area (Å²) < 4.78 is 1.04. The lowest BCUT2D eigenvalue weighted by atomic mass is 10.1. The number of hydrogen-bond donors (Lipinski definition) is 0. The summed E-state index contributed by atoms with van der Waals surface area (Å²) in [5.74, 6) is -0.000263. The third-order valence-electron chi connectivity index (χ3n) is 3.03. The highest BCUT2D eigenvalue weighted by Gasteiger charge is 2.32. The summed E-state index contributed by atoms with van der Waals surface area (Å²) in [4.78, 5) is 14.1. The van der Waals surface area contributed by atoms with Gasteiger partial charge in [-0.1, -0.05) is 36.9 Å². The summed E-state index contributed by atoms with van der Waals surface area (Å²) >= 11 is 2.23. The molecule has 0 aliphatic carbocycles. The maximum atomic E-state index is 12.4. The van der Waals surface area contributed by atoms with Crippen LogP contribution in [-0.4, -0.2) is 5.91 Å². The van der Waals surface area contributed by atoms with Crippen molar-refractivity contribution >= 4 is 39.9 Å². The van der Waals surface area contributed by atoms with Crippen LogP contribution in [0.1, 0.15) is 15.9 Å². The largest absolute Gasteiger partial charge is 0.276 e. The third-order valence-corrected chi connectivity index (χ3v) is 3.95. The molecule has 2 nitrogen and oxygen atoms in total. The Morgan fingerprint density at radius 2 is 1.56 bits per heavy atom. The highest BCUT2D eigenvalue weighted by molar-refractivity contribution is 14.1. The van der Waals surface area contributed by atoms with E-state index < -0.39 is 0 Å². The molecular weight excluding hydrogens is 337 g/mol. The van der Waals surface area contributed by atoms with Crippen molar-refractivity contribution in [2.24, 2.45) is 0 Å². The zero-order valence-corrected chi connectivity index (χ0v) is 11.7. The smallest absolute Gasteiger partial charge is 0.263 e. The Morgan fingerprint density at radius 1 is 0.944 bits per heavy atom. The molecule has 0 unspecified atom stereocenters. The number of benzene rings is 2. The number of anilines is 1. The monoisotopic (exact) mass is 347 g/mol. The molecule has 0 aromatic heterocycles. The van der Waals surface area contributed by atoms with Gasteiger partial charge in [-0.15, -0.1) is 0 Å². The summed E-state index contributed by atoms with van der Waals surface area (Å²) in [6, 6.07) is 15.4. The van der Waals surface area contributed by atoms with Gasteiger partial charge >= 0.3 is 0 Å². The molecule has 0 bridgehead atoms. The van der Waals surface area contributed by atoms with Crippen molar-refractivity contribution in [1.82, 2.24) is 0 Å². The van der Waals surface area contributed by atoms with Crippen molar-refractivity contribution in [2.45, 2.75) is 0 Å². The summed E-state index contributed by atoms with van der Waals surface area (Å²) in [6.07, 6.45) is 0. The molecule has 1 heterocycles. The van der Waals surface area contributed by atoms with E-state index in [9.17, 15) is 4.79 Å². The van der Waals surface area contributed by atoms with E-state index in [1.165, 1.54) is 0 Å². The van der Waals surface area contributed by atoms with Crippen LogP contribution in [-0.2, 0) is 0 Å². The van der Waals surface area contributed by atoms with Gasteiger partial charge in [0, 0.05) is 14.7 Å². The van der Waals surface area contributed by atoms with Gasteiger partial charge in [0.15, 0.2) is 0 Å². The third kappa shape index (κ3) is 1.58. The lowest BCUT2D eigenvalue weighted by Gasteiger charge is -2.18. The highest BCUT2D eigenvalue weighted by Crippen LogP contribution is 2.37. The zero-order chi connectivity index (χ0) is 12.7. The molecule has 1 aliphatic rings. The summed E-state index contributed by atoms with van der Waals surface area (Å²) in [6.45, 7) is 4.05. The number of hydrogen-bond acceptors (Lipinski definition) is 1. The van der Waals surface area contributed by atoms with E-state index in [0.717, 1.165) is 26.1 Å². The number of amides is 1. The van der Waals surface area contributed by atoms with Crippen LogP contribution >= 0.6 is 22.6 Å². The minimum atomic E-state index is -0.000263. The SMILES string of the molecule is C=C1c2ccccc2C(=O)N1c1ccccc1I. The van der Waals surface area contributed by atoms with Crippen molar-refractivity contribution in [3.05, 3.63) is 69.8 Å². The molecular formula is C15H10INO. The van der Waals surface area contributed by atoms with E-state index in [0.29, 0.717) is 0 Å². The minimum Gasteiger partial charge on any atom is -0.276 e. The minimum absolute atomic E-state index is 0.000263. The second-order valence-corrected chi connectivity index (χ2v) is 5.25. The molecule has 1 amide bonds. The van der Waals surface area contributed by atoms with Crippen LogP contribution < -0.4 is 4.90 Å². The number of carbonyl (C=O) groups excluding carboxylic acids is 1. The molecule has 0 saturated heterocycles. The standard InChI is InChI=1S/C15H10INO/c1-10-11-6-2-3-7-12(11)15(18)17(10)14-9-5-4-8-13(14)16/h2-9H,1H2. The van der Waals surface area contributed by atoms with Gasteiger partial charge in [-0.05, 0) is 40.8 Å². The molecule has 0 N–H and O–H groups in total. The van der Waals surface area contributed by atoms with Gasteiger partial charge < -0.3 is 0 Å². The average Bonchev–Trinajstić information content (AvgIpc) is 2.64. The van der Waals surface area contributed by atoms with Crippen molar-refractivity contribution in [2.75, 3.05) is 4.90 Å². The number of nitrogens with zero attached hydrogens (tertiary/aromatic N) is 1. The van der Waals surface area contributed by atoms with Gasteiger partial charge in [0.1, 0.15) is 0 Å². The Balaban J connectivity index is 2.16. The van der Waals surface area contributed by atoms with E-state index in [2.05, 4.69) is 29.2 Å². The molecule has 0 saturated carbocycles. The maximum absolute atomic E-state index is 12.4. The van der Waals surface area contributed by atoms with Gasteiger partial charge in [-0.2, -0.15) is 0 Å². The van der Waals surface area contributed by atoms with Crippen LogP contribution in [0.5, 0.6) is 0 Å². The molecule has 3 rings (SSSR count). The Bertz CT molecular complexity index is 628. The molecule has 0 spiro atoms. The molecule has 2 aromatic carbocycles. The van der Waals surface area contributed by atoms with Crippen molar-refractivity contribution in [1.29, 1.82) is 0 Å². The van der Waals surface area contributed by atoms with E-state index in [4.69, 9.17) is 0 Å². The van der Waals surface area contributed by atoms with Gasteiger partial charge in [0.25, 0.3) is 5.91 Å². The number of para-hydroxylation sites is 1. The highest BCUT2D eigenvalue weighted by atomic mass is 127. The average molecular weight is 347 g/mol. The van der Waals surface area contributed by atoms with E-state index in [1.54, 1.807) is 4.90 Å². The Morgan fingerprint density at radius 3 is 2.22 bits per heavy atom. The maximum Gasteiger partial charge on any atom is 0.263 e. The first kappa shape index (κ1) is 11.5. The number of halogens is 1. The number of fused-ring (bicyclic) bond motifs is 1. The normalized spacial score (nSPS) is 13.9. The molecule has 0 radical (unpaired) electrons. The topological polar surface area (TPSA) is 20.3 Å². The van der Waals surface area contributed by atoms with Crippen molar-refractivity contribution in [3.63, 3.8) is 0 Å². The molecule has 3 heteroatoms. The molecule has 2 aromatic rings. The van der Waals surface area contributed by atoms with Gasteiger partial charge in [0.2, 0.25) is 0 Å². The number of rotatable bonds is 1. The Labute approximate surface area is 119 Å². The zero-order valence-electron chi connectivity index (χ0n) is 9.56. The predicted molar refractivity (Wildman–Crippen MR) is 81.4 cm³/mol. The van der Waals surface area contributed by atoms with Crippen LogP contribution in [0.15, 0.2) is 55.1 Å². The van der Waals surface area contributed by atoms with E-state index >= 15 is 0 Å². The Hall–Kier alpha value is -1.62. The second-order valence-electron chi connectivity index (χ2n) is 4.08. The van der Waals surface area contributed by atoms with Crippen molar-refractivity contribution in [3.8, 4) is 0 Å². The molecule has 0 fully saturated rings. The fraction of sp³-hybridized carbons (Fsp3) is 0. The van der Waals surface area contributed by atoms with Crippen LogP contribution in [0.2, 0.25) is 0 Å². The van der Waals surface area contributed by atoms with Crippen LogP contribution in [0.25, 0.3) is 5.70 Å². The van der Waals surface area contributed by atoms with Gasteiger partial charge in [0.05, 0.1) is 11.4 Å². The van der Waals surface area contributed by atoms with E-state index in [-0.39, 0.29) is 5.91 Å². The molecule has 88 valence electrons. The summed E-state index contributed by atoms with van der Waals surface area (Å²) in [5.41, 5.74) is 3.29. The fourth-order valence-electron chi connectivity index (χ4n) is 2.17. The first-order valence-corrected chi connectivity index (χ1v) is 6.65. The van der Waals surface area contributed by atoms with Gasteiger partial charge in [-0.25, -0.2) is 0 Å². The van der Waals surface area contributed by atoms with Crippen LogP contribution in [0, 0.1) is 3.57 Å². The van der Waals surface area contributed by atoms with Crippen LogP contribution in [0.3, 0.4) is 0 Å². The van der Waals surface area contributed by atoms with Gasteiger partial charge in [-0.3, -0.25) is 9.69 Å².